The van der Waals surface area contributed by atoms with Crippen LogP contribution in [0.2, 0.25) is 0 Å². The molecule has 2 N–H and O–H groups in total. The Bertz CT molecular complexity index is 843. The van der Waals surface area contributed by atoms with Gasteiger partial charge in [-0.2, -0.15) is 0 Å². The number of para-hydroxylation sites is 1. The van der Waals surface area contributed by atoms with E-state index in [9.17, 15) is 9.90 Å². The van der Waals surface area contributed by atoms with Crippen LogP contribution in [-0.4, -0.2) is 11.1 Å². The summed E-state index contributed by atoms with van der Waals surface area (Å²) in [7, 11) is 0. The van der Waals surface area contributed by atoms with Crippen molar-refractivity contribution in [1.29, 1.82) is 0 Å². The standard InChI is InChI=1S/C20H17NO3/c1-14-7-9-15(10-8-14)21-19-13-17(11-12-18(19)20(22)23)24-16-5-3-2-4-6-16/h2-13,21H,1H3,(H,22,23). The number of ether oxygens (including phenoxy) is 1. The number of benzene rings is 3. The normalized spacial score (nSPS) is 10.2. The first-order chi connectivity index (χ1) is 11.6. The molecular formula is C20H17NO3. The van der Waals surface area contributed by atoms with Crippen LogP contribution in [-0.2, 0) is 0 Å². The molecule has 3 rings (SSSR count). The molecular weight excluding hydrogens is 302 g/mol. The minimum Gasteiger partial charge on any atom is -0.478 e. The Morgan fingerprint density at radius 2 is 1.62 bits per heavy atom. The quantitative estimate of drug-likeness (QED) is 0.676. The highest BCUT2D eigenvalue weighted by Gasteiger charge is 2.12. The largest absolute Gasteiger partial charge is 0.478 e. The number of aromatic carboxylic acids is 1. The highest BCUT2D eigenvalue weighted by molar-refractivity contribution is 5.95. The topological polar surface area (TPSA) is 58.6 Å². The first-order valence-corrected chi connectivity index (χ1v) is 7.56. The van der Waals surface area contributed by atoms with Gasteiger partial charge in [0.15, 0.2) is 0 Å². The first kappa shape index (κ1) is 15.6. The number of carboxylic acid groups (broad SMARTS) is 1. The molecule has 0 saturated carbocycles. The minimum absolute atomic E-state index is 0.191. The smallest absolute Gasteiger partial charge is 0.337 e. The Hall–Kier alpha value is -3.27. The molecule has 0 radical (unpaired) electrons. The van der Waals surface area contributed by atoms with Crippen LogP contribution in [0.3, 0.4) is 0 Å². The number of carbonyl (C=O) groups is 1. The highest BCUT2D eigenvalue weighted by atomic mass is 16.5. The van der Waals surface area contributed by atoms with Gasteiger partial charge < -0.3 is 15.2 Å². The zero-order chi connectivity index (χ0) is 16.9. The summed E-state index contributed by atoms with van der Waals surface area (Å²) in [5, 5.41) is 12.5. The molecule has 0 aliphatic rings. The van der Waals surface area contributed by atoms with Gasteiger partial charge in [0, 0.05) is 11.8 Å². The Morgan fingerprint density at radius 1 is 0.917 bits per heavy atom. The monoisotopic (exact) mass is 319 g/mol. The van der Waals surface area contributed by atoms with E-state index in [0.717, 1.165) is 11.3 Å². The third-order valence-corrected chi connectivity index (χ3v) is 3.53. The Balaban J connectivity index is 1.91. The molecule has 0 unspecified atom stereocenters. The van der Waals surface area contributed by atoms with Crippen molar-refractivity contribution in [3.8, 4) is 11.5 Å². The lowest BCUT2D eigenvalue weighted by Gasteiger charge is -2.13. The summed E-state index contributed by atoms with van der Waals surface area (Å²) in [5.41, 5.74) is 2.64. The SMILES string of the molecule is Cc1ccc(Nc2cc(Oc3ccccc3)ccc2C(=O)O)cc1. The Kier molecular flexibility index (Phi) is 4.47. The zero-order valence-electron chi connectivity index (χ0n) is 13.2. The minimum atomic E-state index is -0.990. The number of rotatable bonds is 5. The number of anilines is 2. The lowest BCUT2D eigenvalue weighted by Crippen LogP contribution is -2.03. The van der Waals surface area contributed by atoms with E-state index in [1.165, 1.54) is 6.07 Å². The van der Waals surface area contributed by atoms with Gasteiger partial charge >= 0.3 is 5.97 Å². The van der Waals surface area contributed by atoms with Gasteiger partial charge in [0.05, 0.1) is 11.3 Å². The van der Waals surface area contributed by atoms with E-state index in [-0.39, 0.29) is 5.56 Å². The van der Waals surface area contributed by atoms with E-state index in [2.05, 4.69) is 5.32 Å². The van der Waals surface area contributed by atoms with E-state index in [4.69, 9.17) is 4.74 Å². The fourth-order valence-corrected chi connectivity index (χ4v) is 2.29. The van der Waals surface area contributed by atoms with Crippen molar-refractivity contribution in [3.05, 3.63) is 83.9 Å². The van der Waals surface area contributed by atoms with Gasteiger partial charge in [0.1, 0.15) is 11.5 Å². The van der Waals surface area contributed by atoms with E-state index in [0.29, 0.717) is 17.2 Å². The second-order valence-corrected chi connectivity index (χ2v) is 5.42. The summed E-state index contributed by atoms with van der Waals surface area (Å²) in [6.45, 7) is 2.00. The third kappa shape index (κ3) is 3.73. The summed E-state index contributed by atoms with van der Waals surface area (Å²) in [5.74, 6) is 0.276. The van der Waals surface area contributed by atoms with Crippen LogP contribution in [0.4, 0.5) is 11.4 Å². The fraction of sp³-hybridized carbons (Fsp3) is 0.0500. The lowest BCUT2D eigenvalue weighted by molar-refractivity contribution is 0.0698. The lowest BCUT2D eigenvalue weighted by atomic mass is 10.1. The summed E-state index contributed by atoms with van der Waals surface area (Å²) >= 11 is 0. The summed E-state index contributed by atoms with van der Waals surface area (Å²) in [4.78, 5) is 11.5. The van der Waals surface area contributed by atoms with Crippen LogP contribution < -0.4 is 10.1 Å². The van der Waals surface area contributed by atoms with Crippen molar-refractivity contribution in [2.24, 2.45) is 0 Å². The average Bonchev–Trinajstić information content (AvgIpc) is 2.58. The molecule has 0 amide bonds. The Morgan fingerprint density at radius 3 is 2.29 bits per heavy atom. The van der Waals surface area contributed by atoms with Gasteiger partial charge in [-0.3, -0.25) is 0 Å². The molecule has 3 aromatic carbocycles. The van der Waals surface area contributed by atoms with Crippen LogP contribution in [0.5, 0.6) is 11.5 Å². The van der Waals surface area contributed by atoms with E-state index in [1.807, 2.05) is 61.5 Å². The molecule has 0 heterocycles. The Labute approximate surface area is 140 Å². The second kappa shape index (κ2) is 6.87. The van der Waals surface area contributed by atoms with Crippen LogP contribution in [0, 0.1) is 6.92 Å². The molecule has 0 fully saturated rings. The average molecular weight is 319 g/mol. The molecule has 3 aromatic rings. The van der Waals surface area contributed by atoms with E-state index in [1.54, 1.807) is 12.1 Å². The fourth-order valence-electron chi connectivity index (χ4n) is 2.29. The van der Waals surface area contributed by atoms with Gasteiger partial charge in [-0.1, -0.05) is 35.9 Å². The molecule has 0 bridgehead atoms. The first-order valence-electron chi connectivity index (χ1n) is 7.56. The van der Waals surface area contributed by atoms with Crippen LogP contribution in [0.1, 0.15) is 15.9 Å². The third-order valence-electron chi connectivity index (χ3n) is 3.53. The molecule has 120 valence electrons. The molecule has 0 spiro atoms. The van der Waals surface area contributed by atoms with E-state index >= 15 is 0 Å². The molecule has 4 heteroatoms. The van der Waals surface area contributed by atoms with Gasteiger partial charge in [-0.25, -0.2) is 4.79 Å². The molecule has 24 heavy (non-hydrogen) atoms. The van der Waals surface area contributed by atoms with Gasteiger partial charge in [0.25, 0.3) is 0 Å². The number of hydrogen-bond donors (Lipinski definition) is 2. The summed E-state index contributed by atoms with van der Waals surface area (Å²) in [6, 6.07) is 22.0. The predicted molar refractivity (Wildman–Crippen MR) is 94.4 cm³/mol. The number of aryl methyl sites for hydroxylation is 1. The van der Waals surface area contributed by atoms with Crippen molar-refractivity contribution in [2.75, 3.05) is 5.32 Å². The van der Waals surface area contributed by atoms with Gasteiger partial charge in [-0.05, 0) is 43.3 Å². The molecule has 0 aliphatic heterocycles. The highest BCUT2D eigenvalue weighted by Crippen LogP contribution is 2.29. The zero-order valence-corrected chi connectivity index (χ0v) is 13.2. The van der Waals surface area contributed by atoms with Crippen molar-refractivity contribution in [1.82, 2.24) is 0 Å². The number of hydrogen-bond acceptors (Lipinski definition) is 3. The summed E-state index contributed by atoms with van der Waals surface area (Å²) < 4.78 is 5.78. The van der Waals surface area contributed by atoms with Crippen molar-refractivity contribution in [2.45, 2.75) is 6.92 Å². The van der Waals surface area contributed by atoms with Crippen LogP contribution in [0.25, 0.3) is 0 Å². The molecule has 0 aliphatic carbocycles. The maximum absolute atomic E-state index is 11.5. The predicted octanol–water partition coefficient (Wildman–Crippen LogP) is 5.23. The number of carboxylic acids is 1. The van der Waals surface area contributed by atoms with Crippen molar-refractivity contribution < 1.29 is 14.6 Å². The van der Waals surface area contributed by atoms with Crippen LogP contribution in [0.15, 0.2) is 72.8 Å². The van der Waals surface area contributed by atoms with Gasteiger partial charge in [0.2, 0.25) is 0 Å². The summed E-state index contributed by atoms with van der Waals surface area (Å²) in [6.07, 6.45) is 0. The molecule has 4 nitrogen and oxygen atoms in total. The van der Waals surface area contributed by atoms with Gasteiger partial charge in [-0.15, -0.1) is 0 Å². The maximum atomic E-state index is 11.5. The second-order valence-electron chi connectivity index (χ2n) is 5.42. The molecule has 0 atom stereocenters. The van der Waals surface area contributed by atoms with Crippen molar-refractivity contribution >= 4 is 17.3 Å². The van der Waals surface area contributed by atoms with Crippen molar-refractivity contribution in [3.63, 3.8) is 0 Å². The number of nitrogens with one attached hydrogen (secondary N) is 1. The van der Waals surface area contributed by atoms with E-state index < -0.39 is 5.97 Å². The molecule has 0 saturated heterocycles. The molecule has 0 aromatic heterocycles. The maximum Gasteiger partial charge on any atom is 0.337 e. The van der Waals surface area contributed by atoms with Crippen LogP contribution >= 0.6 is 0 Å².